The second-order valence-corrected chi connectivity index (χ2v) is 4.67. The molecule has 17 heavy (non-hydrogen) atoms. The molecule has 0 bridgehead atoms. The minimum absolute atomic E-state index is 0.199. The zero-order chi connectivity index (χ0) is 12.4. The SMILES string of the molecule is O=C(O)c1ccc(I)c(-c2cccc(F)c2)c1. The Balaban J connectivity index is 2.58. The Kier molecular flexibility index (Phi) is 3.42. The second-order valence-electron chi connectivity index (χ2n) is 3.51. The first-order valence-corrected chi connectivity index (χ1v) is 5.94. The summed E-state index contributed by atoms with van der Waals surface area (Å²) in [6.45, 7) is 0. The van der Waals surface area contributed by atoms with Crippen molar-refractivity contribution in [1.29, 1.82) is 0 Å². The molecule has 0 aliphatic heterocycles. The topological polar surface area (TPSA) is 37.3 Å². The summed E-state index contributed by atoms with van der Waals surface area (Å²) in [4.78, 5) is 10.9. The highest BCUT2D eigenvalue weighted by Gasteiger charge is 2.09. The van der Waals surface area contributed by atoms with Gasteiger partial charge >= 0.3 is 5.97 Å². The fourth-order valence-electron chi connectivity index (χ4n) is 1.54. The van der Waals surface area contributed by atoms with E-state index in [1.807, 2.05) is 0 Å². The van der Waals surface area contributed by atoms with Crippen LogP contribution in [0.4, 0.5) is 4.39 Å². The lowest BCUT2D eigenvalue weighted by Gasteiger charge is -2.06. The predicted octanol–water partition coefficient (Wildman–Crippen LogP) is 3.80. The van der Waals surface area contributed by atoms with Crippen molar-refractivity contribution in [3.8, 4) is 11.1 Å². The van der Waals surface area contributed by atoms with E-state index in [1.54, 1.807) is 24.3 Å². The number of rotatable bonds is 2. The van der Waals surface area contributed by atoms with Crippen LogP contribution in [-0.2, 0) is 0 Å². The molecule has 0 radical (unpaired) electrons. The van der Waals surface area contributed by atoms with Crippen LogP contribution in [0.3, 0.4) is 0 Å². The summed E-state index contributed by atoms with van der Waals surface area (Å²) in [6.07, 6.45) is 0. The molecule has 0 aromatic heterocycles. The average molecular weight is 342 g/mol. The molecule has 2 aromatic carbocycles. The van der Waals surface area contributed by atoms with Crippen molar-refractivity contribution in [2.75, 3.05) is 0 Å². The van der Waals surface area contributed by atoms with E-state index in [9.17, 15) is 9.18 Å². The average Bonchev–Trinajstić information content (AvgIpc) is 2.29. The number of hydrogen-bond donors (Lipinski definition) is 1. The Morgan fingerprint density at radius 2 is 1.94 bits per heavy atom. The Morgan fingerprint density at radius 3 is 2.59 bits per heavy atom. The maximum Gasteiger partial charge on any atom is 0.335 e. The maximum atomic E-state index is 13.1. The molecule has 4 heteroatoms. The number of carbonyl (C=O) groups is 1. The van der Waals surface area contributed by atoms with E-state index < -0.39 is 5.97 Å². The first kappa shape index (κ1) is 12.0. The van der Waals surface area contributed by atoms with Crippen LogP contribution in [0, 0.1) is 9.39 Å². The van der Waals surface area contributed by atoms with Gasteiger partial charge < -0.3 is 5.11 Å². The lowest BCUT2D eigenvalue weighted by atomic mass is 10.0. The summed E-state index contributed by atoms with van der Waals surface area (Å²) in [6, 6.07) is 10.9. The molecule has 0 atom stereocenters. The van der Waals surface area contributed by atoms with Gasteiger partial charge in [0.1, 0.15) is 5.82 Å². The molecule has 0 saturated heterocycles. The van der Waals surface area contributed by atoms with Gasteiger partial charge in [-0.2, -0.15) is 0 Å². The van der Waals surface area contributed by atoms with E-state index >= 15 is 0 Å². The molecule has 0 heterocycles. The molecule has 2 aromatic rings. The van der Waals surface area contributed by atoms with Crippen LogP contribution < -0.4 is 0 Å². The third-order valence-corrected chi connectivity index (χ3v) is 3.29. The molecule has 0 aliphatic carbocycles. The molecule has 1 N–H and O–H groups in total. The quantitative estimate of drug-likeness (QED) is 0.843. The molecular weight excluding hydrogens is 334 g/mol. The number of aromatic carboxylic acids is 1. The number of hydrogen-bond acceptors (Lipinski definition) is 1. The van der Waals surface area contributed by atoms with Gasteiger partial charge in [-0.15, -0.1) is 0 Å². The first-order valence-electron chi connectivity index (χ1n) is 4.87. The maximum absolute atomic E-state index is 13.1. The van der Waals surface area contributed by atoms with Gasteiger partial charge in [0.2, 0.25) is 0 Å². The van der Waals surface area contributed by atoms with Crippen LogP contribution in [-0.4, -0.2) is 11.1 Å². The summed E-state index contributed by atoms with van der Waals surface area (Å²) in [5.41, 5.74) is 1.60. The highest BCUT2D eigenvalue weighted by Crippen LogP contribution is 2.26. The smallest absolute Gasteiger partial charge is 0.335 e. The van der Waals surface area contributed by atoms with Crippen molar-refractivity contribution in [3.63, 3.8) is 0 Å². The number of carboxylic acid groups (broad SMARTS) is 1. The van der Waals surface area contributed by atoms with Crippen LogP contribution in [0.25, 0.3) is 11.1 Å². The second kappa shape index (κ2) is 4.83. The summed E-state index contributed by atoms with van der Waals surface area (Å²) in [7, 11) is 0. The summed E-state index contributed by atoms with van der Waals surface area (Å²) in [5, 5.41) is 8.93. The van der Waals surface area contributed by atoms with Crippen LogP contribution >= 0.6 is 22.6 Å². The fourth-order valence-corrected chi connectivity index (χ4v) is 2.18. The number of benzene rings is 2. The Bertz CT molecular complexity index is 581. The molecule has 86 valence electrons. The summed E-state index contributed by atoms with van der Waals surface area (Å²) >= 11 is 2.10. The van der Waals surface area contributed by atoms with Gasteiger partial charge in [0, 0.05) is 3.57 Å². The Labute approximate surface area is 111 Å². The van der Waals surface area contributed by atoms with E-state index in [-0.39, 0.29) is 11.4 Å². The third kappa shape index (κ3) is 2.63. The van der Waals surface area contributed by atoms with E-state index in [1.165, 1.54) is 18.2 Å². The largest absolute Gasteiger partial charge is 0.478 e. The van der Waals surface area contributed by atoms with Gasteiger partial charge in [-0.05, 0) is 64.0 Å². The van der Waals surface area contributed by atoms with Crippen LogP contribution in [0.5, 0.6) is 0 Å². The van der Waals surface area contributed by atoms with Crippen molar-refractivity contribution in [1.82, 2.24) is 0 Å². The predicted molar refractivity (Wildman–Crippen MR) is 71.5 cm³/mol. The van der Waals surface area contributed by atoms with E-state index in [2.05, 4.69) is 22.6 Å². The molecule has 2 rings (SSSR count). The van der Waals surface area contributed by atoms with Gasteiger partial charge in [0.05, 0.1) is 5.56 Å². The first-order chi connectivity index (χ1) is 8.08. The molecular formula is C13H8FIO2. The van der Waals surface area contributed by atoms with Crippen LogP contribution in [0.1, 0.15) is 10.4 Å². The van der Waals surface area contributed by atoms with Gasteiger partial charge in [-0.3, -0.25) is 0 Å². The summed E-state index contributed by atoms with van der Waals surface area (Å²) < 4.78 is 14.0. The molecule has 0 aliphatic rings. The zero-order valence-corrected chi connectivity index (χ0v) is 10.8. The zero-order valence-electron chi connectivity index (χ0n) is 8.65. The van der Waals surface area contributed by atoms with Crippen molar-refractivity contribution in [2.24, 2.45) is 0 Å². The van der Waals surface area contributed by atoms with Gasteiger partial charge in [0.15, 0.2) is 0 Å². The highest BCUT2D eigenvalue weighted by molar-refractivity contribution is 14.1. The minimum atomic E-state index is -0.987. The van der Waals surface area contributed by atoms with Gasteiger partial charge in [0.25, 0.3) is 0 Å². The lowest BCUT2D eigenvalue weighted by Crippen LogP contribution is -1.97. The molecule has 0 amide bonds. The fraction of sp³-hybridized carbons (Fsp3) is 0. The van der Waals surface area contributed by atoms with Crippen molar-refractivity contribution in [2.45, 2.75) is 0 Å². The molecule has 0 unspecified atom stereocenters. The van der Waals surface area contributed by atoms with E-state index in [4.69, 9.17) is 5.11 Å². The molecule has 0 fully saturated rings. The van der Waals surface area contributed by atoms with Crippen molar-refractivity contribution < 1.29 is 14.3 Å². The summed E-state index contributed by atoms with van der Waals surface area (Å²) in [5.74, 6) is -1.32. The minimum Gasteiger partial charge on any atom is -0.478 e. The van der Waals surface area contributed by atoms with E-state index in [0.717, 1.165) is 9.13 Å². The van der Waals surface area contributed by atoms with Crippen molar-refractivity contribution in [3.05, 3.63) is 57.4 Å². The number of halogens is 2. The van der Waals surface area contributed by atoms with E-state index in [0.29, 0.717) is 5.56 Å². The highest BCUT2D eigenvalue weighted by atomic mass is 127. The lowest BCUT2D eigenvalue weighted by molar-refractivity contribution is 0.0697. The number of carboxylic acids is 1. The van der Waals surface area contributed by atoms with Crippen LogP contribution in [0.15, 0.2) is 42.5 Å². The molecule has 0 saturated carbocycles. The third-order valence-electron chi connectivity index (χ3n) is 2.35. The Morgan fingerprint density at radius 1 is 1.18 bits per heavy atom. The van der Waals surface area contributed by atoms with Crippen LogP contribution in [0.2, 0.25) is 0 Å². The monoisotopic (exact) mass is 342 g/mol. The van der Waals surface area contributed by atoms with Gasteiger partial charge in [-0.1, -0.05) is 12.1 Å². The van der Waals surface area contributed by atoms with Crippen molar-refractivity contribution >= 4 is 28.6 Å². The standard InChI is InChI=1S/C13H8FIO2/c14-10-3-1-2-8(6-10)11-7-9(13(16)17)4-5-12(11)15/h1-7H,(H,16,17). The molecule has 0 spiro atoms. The normalized spacial score (nSPS) is 10.2. The van der Waals surface area contributed by atoms with Gasteiger partial charge in [-0.25, -0.2) is 9.18 Å². The Hall–Kier alpha value is -1.43. The molecule has 2 nitrogen and oxygen atoms in total.